The normalized spacial score (nSPS) is 16.2. The van der Waals surface area contributed by atoms with Crippen molar-refractivity contribution in [1.29, 1.82) is 0 Å². The molecule has 0 saturated carbocycles. The predicted molar refractivity (Wildman–Crippen MR) is 100 cm³/mol. The smallest absolute Gasteiger partial charge is 0.243 e. The van der Waals surface area contributed by atoms with Crippen LogP contribution in [0.25, 0.3) is 22.0 Å². The average molecular weight is 387 g/mol. The molecule has 2 heterocycles. The Bertz CT molecular complexity index is 1120. The van der Waals surface area contributed by atoms with Gasteiger partial charge in [-0.2, -0.15) is 4.31 Å². The Kier molecular flexibility index (Phi) is 4.24. The number of benzene rings is 2. The van der Waals surface area contributed by atoms with E-state index in [2.05, 4.69) is 4.98 Å². The van der Waals surface area contributed by atoms with Crippen molar-refractivity contribution in [2.24, 2.45) is 0 Å². The highest BCUT2D eigenvalue weighted by Gasteiger charge is 2.31. The third kappa shape index (κ3) is 3.11. The highest BCUT2D eigenvalue weighted by molar-refractivity contribution is 7.89. The molecule has 1 N–H and O–H groups in total. The molecule has 0 unspecified atom stereocenters. The molecule has 0 radical (unpaired) electrons. The van der Waals surface area contributed by atoms with Crippen LogP contribution in [0.5, 0.6) is 0 Å². The number of nitrogens with one attached hydrogen (secondary N) is 1. The predicted octanol–water partition coefficient (Wildman–Crippen LogP) is 2.44. The minimum absolute atomic E-state index is 0.144. The van der Waals surface area contributed by atoms with Crippen LogP contribution >= 0.6 is 0 Å². The number of hydrogen-bond donors (Lipinski definition) is 1. The van der Waals surface area contributed by atoms with Gasteiger partial charge in [0.1, 0.15) is 5.82 Å². The van der Waals surface area contributed by atoms with Gasteiger partial charge in [0.05, 0.1) is 11.4 Å². The van der Waals surface area contributed by atoms with E-state index in [4.69, 9.17) is 0 Å². The minimum Gasteiger partial charge on any atom is -0.360 e. The first kappa shape index (κ1) is 17.7. The molecule has 0 spiro atoms. The maximum absolute atomic E-state index is 13.3. The Hall–Kier alpha value is -2.71. The van der Waals surface area contributed by atoms with Gasteiger partial charge in [-0.25, -0.2) is 12.8 Å². The summed E-state index contributed by atoms with van der Waals surface area (Å²) in [5.74, 6) is -0.536. The van der Waals surface area contributed by atoms with E-state index in [1.54, 1.807) is 31.4 Å². The molecule has 1 amide bonds. The Morgan fingerprint density at radius 3 is 2.52 bits per heavy atom. The number of hydrogen-bond acceptors (Lipinski definition) is 3. The first-order valence-electron chi connectivity index (χ1n) is 8.47. The van der Waals surface area contributed by atoms with E-state index >= 15 is 0 Å². The topological polar surface area (TPSA) is 73.5 Å². The average Bonchev–Trinajstić information content (AvgIpc) is 3.07. The van der Waals surface area contributed by atoms with Crippen molar-refractivity contribution < 1.29 is 17.6 Å². The van der Waals surface area contributed by atoms with Crippen LogP contribution in [0.4, 0.5) is 4.39 Å². The molecule has 1 aromatic heterocycles. The zero-order chi connectivity index (χ0) is 19.2. The first-order chi connectivity index (χ1) is 12.9. The molecule has 3 aromatic rings. The van der Waals surface area contributed by atoms with E-state index < -0.39 is 10.0 Å². The van der Waals surface area contributed by atoms with Crippen molar-refractivity contribution >= 4 is 26.8 Å². The van der Waals surface area contributed by atoms with E-state index in [-0.39, 0.29) is 29.7 Å². The number of halogens is 1. The number of rotatable bonds is 3. The number of fused-ring (bicyclic) bond motifs is 1. The lowest BCUT2D eigenvalue weighted by atomic mass is 10.1. The largest absolute Gasteiger partial charge is 0.360 e. The summed E-state index contributed by atoms with van der Waals surface area (Å²) < 4.78 is 40.1. The Morgan fingerprint density at radius 1 is 1.07 bits per heavy atom. The number of H-pyrrole nitrogens is 1. The van der Waals surface area contributed by atoms with Crippen LogP contribution in [-0.2, 0) is 14.8 Å². The van der Waals surface area contributed by atoms with Crippen molar-refractivity contribution in [3.8, 4) is 11.1 Å². The van der Waals surface area contributed by atoms with Gasteiger partial charge in [0.25, 0.3) is 0 Å². The second-order valence-electron chi connectivity index (χ2n) is 6.57. The summed E-state index contributed by atoms with van der Waals surface area (Å²) >= 11 is 0. The SMILES string of the molecule is CN1CCN(S(=O)(=O)c2ccc(-c3c[nH]c4cc(F)ccc34)cc2)CC1=O. The molecule has 4 rings (SSSR count). The number of aromatic nitrogens is 1. The summed E-state index contributed by atoms with van der Waals surface area (Å²) in [4.78, 5) is 16.5. The number of nitrogens with zero attached hydrogens (tertiary/aromatic N) is 2. The van der Waals surface area contributed by atoms with Crippen molar-refractivity contribution in [2.45, 2.75) is 4.90 Å². The zero-order valence-corrected chi connectivity index (χ0v) is 15.5. The zero-order valence-electron chi connectivity index (χ0n) is 14.6. The number of aromatic amines is 1. The highest BCUT2D eigenvalue weighted by Crippen LogP contribution is 2.30. The second kappa shape index (κ2) is 6.47. The van der Waals surface area contributed by atoms with Crippen LogP contribution in [0, 0.1) is 5.82 Å². The van der Waals surface area contributed by atoms with E-state index in [0.717, 1.165) is 16.5 Å². The van der Waals surface area contributed by atoms with E-state index in [1.807, 2.05) is 0 Å². The Morgan fingerprint density at radius 2 is 1.81 bits per heavy atom. The number of sulfonamides is 1. The monoisotopic (exact) mass is 387 g/mol. The minimum atomic E-state index is -3.72. The first-order valence-corrected chi connectivity index (χ1v) is 9.91. The molecule has 8 heteroatoms. The maximum Gasteiger partial charge on any atom is 0.243 e. The van der Waals surface area contributed by atoms with Crippen LogP contribution in [0.1, 0.15) is 0 Å². The molecular formula is C19H18FN3O3S. The van der Waals surface area contributed by atoms with Crippen molar-refractivity contribution in [3.63, 3.8) is 0 Å². The summed E-state index contributed by atoms with van der Waals surface area (Å²) in [6.07, 6.45) is 1.77. The molecule has 0 aliphatic carbocycles. The molecular weight excluding hydrogens is 369 g/mol. The quantitative estimate of drug-likeness (QED) is 0.750. The molecule has 1 saturated heterocycles. The van der Waals surface area contributed by atoms with Crippen molar-refractivity contribution in [1.82, 2.24) is 14.2 Å². The molecule has 27 heavy (non-hydrogen) atoms. The van der Waals surface area contributed by atoms with Gasteiger partial charge in [-0.05, 0) is 35.9 Å². The molecule has 140 valence electrons. The Balaban J connectivity index is 1.64. The van der Waals surface area contributed by atoms with E-state index in [9.17, 15) is 17.6 Å². The van der Waals surface area contributed by atoms with Gasteiger partial charge in [-0.3, -0.25) is 4.79 Å². The third-order valence-corrected chi connectivity index (χ3v) is 6.73. The van der Waals surface area contributed by atoms with Crippen molar-refractivity contribution in [3.05, 3.63) is 54.5 Å². The number of likely N-dealkylation sites (N-methyl/N-ethyl adjacent to an activating group) is 1. The lowest BCUT2D eigenvalue weighted by Gasteiger charge is -2.31. The lowest BCUT2D eigenvalue weighted by Crippen LogP contribution is -2.50. The van der Waals surface area contributed by atoms with Gasteiger partial charge >= 0.3 is 0 Å². The Labute approximate surface area is 156 Å². The van der Waals surface area contributed by atoms with Gasteiger partial charge in [0.15, 0.2) is 0 Å². The molecule has 1 fully saturated rings. The summed E-state index contributed by atoms with van der Waals surface area (Å²) in [6.45, 7) is 0.511. The standard InChI is InChI=1S/C19H18FN3O3S/c1-22-8-9-23(12-19(22)24)27(25,26)15-5-2-13(3-6-15)17-11-21-18-10-14(20)4-7-16(17)18/h2-7,10-11,21H,8-9,12H2,1H3. The maximum atomic E-state index is 13.3. The van der Waals surface area contributed by atoms with Gasteiger partial charge in [0.2, 0.25) is 15.9 Å². The van der Waals surface area contributed by atoms with Gasteiger partial charge < -0.3 is 9.88 Å². The summed E-state index contributed by atoms with van der Waals surface area (Å²) in [5, 5.41) is 0.858. The molecule has 0 atom stereocenters. The number of carbonyl (C=O) groups excluding carboxylic acids is 1. The van der Waals surface area contributed by atoms with Gasteiger partial charge in [-0.15, -0.1) is 0 Å². The summed E-state index contributed by atoms with van der Waals surface area (Å²) in [5.41, 5.74) is 2.36. The second-order valence-corrected chi connectivity index (χ2v) is 8.51. The molecule has 2 aromatic carbocycles. The number of amides is 1. The highest BCUT2D eigenvalue weighted by atomic mass is 32.2. The third-order valence-electron chi connectivity index (χ3n) is 4.87. The fraction of sp³-hybridized carbons (Fsp3) is 0.211. The number of piperazine rings is 1. The summed E-state index contributed by atoms with van der Waals surface area (Å²) in [7, 11) is -2.06. The fourth-order valence-corrected chi connectivity index (χ4v) is 4.62. The molecule has 0 bridgehead atoms. The fourth-order valence-electron chi connectivity index (χ4n) is 3.23. The van der Waals surface area contributed by atoms with Crippen LogP contribution in [0.15, 0.2) is 53.6 Å². The van der Waals surface area contributed by atoms with Crippen LogP contribution < -0.4 is 0 Å². The van der Waals surface area contributed by atoms with Crippen LogP contribution in [0.2, 0.25) is 0 Å². The van der Waals surface area contributed by atoms with Crippen molar-refractivity contribution in [2.75, 3.05) is 26.7 Å². The van der Waals surface area contributed by atoms with Crippen LogP contribution in [-0.4, -0.2) is 55.2 Å². The van der Waals surface area contributed by atoms with Crippen LogP contribution in [0.3, 0.4) is 0 Å². The molecule has 6 nitrogen and oxygen atoms in total. The van der Waals surface area contributed by atoms with E-state index in [0.29, 0.717) is 12.1 Å². The lowest BCUT2D eigenvalue weighted by molar-refractivity contribution is -0.132. The molecule has 1 aliphatic heterocycles. The summed E-state index contributed by atoms with van der Waals surface area (Å²) in [6, 6.07) is 11.0. The number of carbonyl (C=O) groups is 1. The van der Waals surface area contributed by atoms with Gasteiger partial charge in [-0.1, -0.05) is 12.1 Å². The van der Waals surface area contributed by atoms with Gasteiger partial charge in [0, 0.05) is 42.8 Å². The molecule has 1 aliphatic rings. The van der Waals surface area contributed by atoms with E-state index in [1.165, 1.54) is 33.5 Å².